The van der Waals surface area contributed by atoms with Crippen molar-refractivity contribution in [1.29, 1.82) is 0 Å². The molecule has 8 N–H and O–H groups in total. The predicted octanol–water partition coefficient (Wildman–Crippen LogP) is 24.0. The number of hydrogen-bond acceptors (Lipinski definition) is 23. The van der Waals surface area contributed by atoms with Crippen LogP contribution in [-0.4, -0.2) is 184 Å². The Hall–Kier alpha value is -3.13. The topological polar surface area (TPSA) is 327 Å². The summed E-state index contributed by atoms with van der Waals surface area (Å²) < 4.78 is 55.5. The molecule has 4 aliphatic heterocycles. The van der Waals surface area contributed by atoms with Crippen molar-refractivity contribution in [2.45, 2.75) is 386 Å². The summed E-state index contributed by atoms with van der Waals surface area (Å²) in [4.78, 5) is 60.1. The second-order valence-electron chi connectivity index (χ2n) is 43.4. The summed E-state index contributed by atoms with van der Waals surface area (Å²) in [5.74, 6) is 1.62. The first-order chi connectivity index (χ1) is 57.1. The fourth-order valence-corrected chi connectivity index (χ4v) is 24.3. The first-order valence-corrected chi connectivity index (χ1v) is 65.3. The lowest BCUT2D eigenvalue weighted by Gasteiger charge is -2.39. The molecule has 0 radical (unpaired) electrons. The number of carbonyl (C=O) groups is 1. The number of aliphatic hydroxyl groups is 3. The molecule has 4 fully saturated rings. The van der Waals surface area contributed by atoms with E-state index in [1.165, 1.54) is 0 Å². The van der Waals surface area contributed by atoms with E-state index in [-0.39, 0.29) is 121 Å². The minimum absolute atomic E-state index is 0.00582. The van der Waals surface area contributed by atoms with Gasteiger partial charge >= 0.3 is 0 Å². The number of nitrogen functional groups attached to an aromatic ring is 1. The molecule has 8 aromatic heterocycles. The maximum absolute atomic E-state index is 12.6. The molecule has 0 unspecified atom stereocenters. The lowest BCUT2D eigenvalue weighted by Crippen LogP contribution is -2.46. The monoisotopic (exact) mass is 2140 g/mol. The lowest BCUT2D eigenvalue weighted by atomic mass is 10.1. The fraction of sp³-hybridized carbons (Fsp3) is 0.709. The number of aliphatic hydroxyl groups excluding tert-OH is 3. The van der Waals surface area contributed by atoms with Crippen molar-refractivity contribution in [2.75, 3.05) is 27.3 Å². The number of hydrogen-bond donors (Lipinski definition) is 7. The van der Waals surface area contributed by atoms with E-state index in [4.69, 9.17) is 104 Å². The van der Waals surface area contributed by atoms with Gasteiger partial charge in [-0.1, -0.05) is 231 Å². The maximum atomic E-state index is 12.6. The zero-order valence-electron chi connectivity index (χ0n) is 80.4. The molecular weight excluding hydrogens is 2000 g/mol. The summed E-state index contributed by atoms with van der Waals surface area (Å²) >= 11 is 30.6. The Morgan fingerprint density at radius 2 is 0.728 bits per heavy atom. The zero-order chi connectivity index (χ0) is 94.3. The molecule has 27 nitrogen and oxygen atoms in total. The van der Waals surface area contributed by atoms with Crippen molar-refractivity contribution in [3.8, 4) is 0 Å². The van der Waals surface area contributed by atoms with E-state index in [1.807, 2.05) is 27.7 Å². The largest absolute Gasteiger partial charge is 0.411 e. The van der Waals surface area contributed by atoms with Gasteiger partial charge in [0, 0.05) is 68.7 Å². The quantitative estimate of drug-likeness (QED) is 0.0143. The number of ketones is 1. The Morgan fingerprint density at radius 1 is 0.440 bits per heavy atom. The summed E-state index contributed by atoms with van der Waals surface area (Å²) in [6, 6.07) is 0. The Bertz CT molecular complexity index is 5150. The van der Waals surface area contributed by atoms with Gasteiger partial charge < -0.3 is 86.5 Å². The fourth-order valence-electron chi connectivity index (χ4n) is 14.0. The first-order valence-electron chi connectivity index (χ1n) is 43.9. The molecule has 0 bridgehead atoms. The second-order valence-corrected chi connectivity index (χ2v) is 76.4. The van der Waals surface area contributed by atoms with Crippen LogP contribution in [0.5, 0.6) is 0 Å². The molecule has 12 rings (SSSR count). The Labute approximate surface area is 795 Å². The smallest absolute Gasteiger partial charge is 0.223 e. The summed E-state index contributed by atoms with van der Waals surface area (Å²) in [6.45, 7) is 75.5. The average molecular weight is 2140 g/mol. The number of rotatable bonds is 22. The van der Waals surface area contributed by atoms with Gasteiger partial charge in [-0.3, -0.25) is 4.79 Å². The molecule has 0 amide bonds. The standard InChI is InChI=1S/C26H45ClN4O3Si2.C25H45ClN4O3Si2.C24H42ClIN4O2Si2.C11H12ClIN4O3/c1-13-18-19(34-36(11,12)26(6,7)8)14-20(33-18)31-15-17(16(2)32)21-22(27)28-24(29-23(21)31)30-35(9,10)25(3,4)5;1-12-17-18(33-35(10,11)25(5,6)7)13-19(32-17)30-14-16(15-31)20-21(26)27-23(28-22(20)30)29-34(8,9)24(2,3)4;1-12-16-17(32-34(10,11)24(5,6)7)13-18(31-16)30-14-15(26)19-20(25)27-22(28-21(19)30)29-33(8,9)23(2,3)4;12-9-8-4(13)2-17(10(8)16-11(14)15-9)7-1-5(19)6(3-18)20-7/h15,18-20H,13-14H2,1-12H3,(H,28,29,30);14,17-19,31H,12-13,15H2,1-11H3,(H,27,28,29);14,16-18H,12-13H2,1-11H3,(H,27,28,29);2,5-7,18-19H,1,3H2,(H2,14,15,16)/t18-,19-,20-;17-,18-,19-;16-,17-,18-;5-,6-,7-/m1111/s1. The van der Waals surface area contributed by atoms with Crippen molar-refractivity contribution in [2.24, 2.45) is 0 Å². The van der Waals surface area contributed by atoms with Crippen molar-refractivity contribution in [3.05, 3.63) is 63.7 Å². The minimum atomic E-state index is -1.98. The van der Waals surface area contributed by atoms with Crippen LogP contribution < -0.4 is 20.7 Å². The molecule has 700 valence electrons. The lowest BCUT2D eigenvalue weighted by molar-refractivity contribution is -0.0430. The number of fused-ring (bicyclic) bond motifs is 4. The highest BCUT2D eigenvalue weighted by Crippen LogP contribution is 2.50. The van der Waals surface area contributed by atoms with Crippen LogP contribution in [0, 0.1) is 7.14 Å². The number of nitrogens with one attached hydrogen (secondary N) is 3. The molecule has 8 aromatic rings. The van der Waals surface area contributed by atoms with Crippen molar-refractivity contribution >= 4 is 215 Å². The summed E-state index contributed by atoms with van der Waals surface area (Å²) in [7, 11) is -11.6. The molecular formula is C86H144Cl4I2N16O11Si6. The Balaban J connectivity index is 0.000000192. The summed E-state index contributed by atoms with van der Waals surface area (Å²) in [6.07, 6.45) is 10.6. The molecule has 0 spiro atoms. The number of Topliss-reactive ketones (excluding diaryl/α,β-unsaturated/α-hetero) is 1. The van der Waals surface area contributed by atoms with E-state index in [0.717, 1.165) is 50.3 Å². The van der Waals surface area contributed by atoms with Crippen LogP contribution in [-0.2, 0) is 38.8 Å². The molecule has 12 atom stereocenters. The highest BCUT2D eigenvalue weighted by Gasteiger charge is 2.50. The van der Waals surface area contributed by atoms with Gasteiger partial charge in [0.05, 0.1) is 77.5 Å². The maximum Gasteiger partial charge on any atom is 0.223 e. The van der Waals surface area contributed by atoms with Gasteiger partial charge in [-0.15, -0.1) is 0 Å². The Kier molecular flexibility index (Phi) is 33.0. The highest BCUT2D eigenvalue weighted by atomic mass is 127. The number of carbonyl (C=O) groups excluding carboxylic acids is 1. The summed E-state index contributed by atoms with van der Waals surface area (Å²) in [5.41, 5.74) is 9.53. The minimum Gasteiger partial charge on any atom is -0.411 e. The van der Waals surface area contributed by atoms with E-state index in [2.05, 4.69) is 320 Å². The van der Waals surface area contributed by atoms with Gasteiger partial charge in [-0.05, 0) is 141 Å². The number of aromatic nitrogens is 12. The van der Waals surface area contributed by atoms with Crippen LogP contribution >= 0.6 is 91.6 Å². The molecule has 4 aliphatic rings. The normalized spacial score (nSPS) is 22.9. The number of nitrogens with zero attached hydrogens (tertiary/aromatic N) is 12. The second kappa shape index (κ2) is 39.1. The van der Waals surface area contributed by atoms with Gasteiger partial charge in [-0.2, -0.15) is 19.9 Å². The predicted molar refractivity (Wildman–Crippen MR) is 543 cm³/mol. The van der Waals surface area contributed by atoms with E-state index < -0.39 is 68.1 Å². The third kappa shape index (κ3) is 23.3. The van der Waals surface area contributed by atoms with Crippen LogP contribution in [0.2, 0.25) is 129 Å². The third-order valence-corrected chi connectivity index (χ3v) is 58.1. The molecule has 12 heterocycles. The van der Waals surface area contributed by atoms with Gasteiger partial charge in [0.1, 0.15) is 74.2 Å². The molecule has 0 aliphatic carbocycles. The van der Waals surface area contributed by atoms with Gasteiger partial charge in [0.15, 0.2) is 55.4 Å². The van der Waals surface area contributed by atoms with Crippen molar-refractivity contribution in [1.82, 2.24) is 58.1 Å². The molecule has 0 saturated carbocycles. The van der Waals surface area contributed by atoms with Gasteiger partial charge in [-0.25, -0.2) is 19.9 Å². The van der Waals surface area contributed by atoms with Crippen LogP contribution in [0.3, 0.4) is 0 Å². The van der Waals surface area contributed by atoms with E-state index >= 15 is 0 Å². The van der Waals surface area contributed by atoms with Crippen LogP contribution in [0.15, 0.2) is 24.8 Å². The van der Waals surface area contributed by atoms with Gasteiger partial charge in [0.2, 0.25) is 23.8 Å². The highest BCUT2D eigenvalue weighted by molar-refractivity contribution is 14.1. The van der Waals surface area contributed by atoms with Crippen LogP contribution in [0.25, 0.3) is 44.1 Å². The Morgan fingerprint density at radius 3 is 1.04 bits per heavy atom. The number of halogens is 6. The van der Waals surface area contributed by atoms with Crippen LogP contribution in [0.1, 0.15) is 238 Å². The zero-order valence-corrected chi connectivity index (χ0v) is 93.8. The van der Waals surface area contributed by atoms with Crippen molar-refractivity contribution < 1.29 is 52.3 Å². The molecule has 4 saturated heterocycles. The molecule has 0 aromatic carbocycles. The van der Waals surface area contributed by atoms with E-state index in [9.17, 15) is 15.0 Å². The van der Waals surface area contributed by atoms with Crippen molar-refractivity contribution in [3.63, 3.8) is 0 Å². The SMILES string of the molecule is CC[C@H]1O[C@@H](n2cc(C(C)=O)c3c(Cl)nc(N[Si](C)(C)C(C)(C)C)nc32)C[C@H]1O[Si](C)(C)C(C)(C)C.CC[C@H]1O[C@@H](n2cc(CO)c3c(Cl)nc(N[Si](C)(C)C(C)(C)C)nc32)C[C@H]1O[Si](C)(C)C(C)(C)C.CC[C@H]1O[C@@H](n2cc(I)c3c(Cl)nc(N[Si](C)(C)C(C)(C)C)nc32)C[C@H]1O[Si](C)(C)C(C)(C)C.Nc1nc(Cl)c2c(I)cn([C@H]3C[C@@H](O)[C@@H](CO)O3)c2n1. The number of ether oxygens (including phenoxy) is 4. The van der Waals surface area contributed by atoms with E-state index in [0.29, 0.717) is 85.2 Å². The number of anilines is 4. The summed E-state index contributed by atoms with van der Waals surface area (Å²) in [5, 5.41) is 34.0. The first kappa shape index (κ1) is 106. The number of nitrogens with two attached hydrogens (primary N) is 1. The average Bonchev–Trinajstić information content (AvgIpc) is 1.61. The third-order valence-electron chi connectivity index (χ3n) is 28.1. The molecule has 125 heavy (non-hydrogen) atoms. The van der Waals surface area contributed by atoms with E-state index in [1.54, 1.807) is 11.5 Å². The van der Waals surface area contributed by atoms with Gasteiger partial charge in [0.25, 0.3) is 0 Å². The van der Waals surface area contributed by atoms with Crippen LogP contribution in [0.4, 0.5) is 23.8 Å². The molecule has 39 heteroatoms.